The molecule has 2 aromatic heterocycles. The summed E-state index contributed by atoms with van der Waals surface area (Å²) in [6.45, 7) is 6.40. The van der Waals surface area contributed by atoms with Crippen molar-refractivity contribution in [2.75, 3.05) is 24.0 Å². The number of carbonyl (C=O) groups is 1. The Labute approximate surface area is 256 Å². The minimum atomic E-state index is -4.29. The number of hydrogen-bond donors (Lipinski definition) is 2. The van der Waals surface area contributed by atoms with Crippen molar-refractivity contribution < 1.29 is 23.2 Å². The zero-order chi connectivity index (χ0) is 31.3. The quantitative estimate of drug-likeness (QED) is 0.121. The van der Waals surface area contributed by atoms with Crippen molar-refractivity contribution in [3.8, 4) is 0 Å². The van der Waals surface area contributed by atoms with E-state index in [1.54, 1.807) is 6.33 Å². The Morgan fingerprint density at radius 3 is 2.48 bits per heavy atom. The van der Waals surface area contributed by atoms with Crippen molar-refractivity contribution in [3.05, 3.63) is 91.0 Å². The summed E-state index contributed by atoms with van der Waals surface area (Å²) >= 11 is 0. The maximum absolute atomic E-state index is 13.7. The van der Waals surface area contributed by atoms with Crippen LogP contribution in [0.3, 0.4) is 0 Å². The number of para-hydroxylation sites is 1. The van der Waals surface area contributed by atoms with Crippen LogP contribution in [0.4, 0.5) is 11.5 Å². The number of nitrogens with two attached hydrogens (primary N) is 2. The number of carbonyl (C=O) groups excluding carboxylic acids is 1. The Morgan fingerprint density at radius 2 is 1.77 bits per heavy atom. The Hall–Kier alpha value is -4.09. The third-order valence-corrected chi connectivity index (χ3v) is 8.00. The molecule has 13 heteroatoms. The standard InChI is InChI=1S/C31H38N7O5P/c1-31(2,3)19-41-38(24-12-8-5-9-13-24)26(17-22-10-6-4-7-11-22)30(39)43-44(33,40)42-18-23-14-15-25(16-23)37-21-36-27-28(32)34-20-35-29(27)37/h4-15,20-21,23,25-26H,16-19H2,1-3H3,(H2,33,40)(H2,32,34,35)/t23-,25+,26-,44?/m0/s1. The van der Waals surface area contributed by atoms with Crippen molar-refractivity contribution in [1.29, 1.82) is 0 Å². The number of benzene rings is 2. The van der Waals surface area contributed by atoms with Crippen LogP contribution in [0.2, 0.25) is 0 Å². The minimum absolute atomic E-state index is 0.00984. The Kier molecular flexibility index (Phi) is 9.45. The van der Waals surface area contributed by atoms with E-state index >= 15 is 0 Å². The normalized spacial score (nSPS) is 18.6. The first kappa shape index (κ1) is 31.3. The molecule has 4 N–H and O–H groups in total. The number of anilines is 2. The number of allylic oxidation sites excluding steroid dienone is 1. The van der Waals surface area contributed by atoms with E-state index in [0.717, 1.165) is 5.56 Å². The molecular formula is C31H38N7O5P. The molecule has 0 fully saturated rings. The van der Waals surface area contributed by atoms with E-state index in [0.29, 0.717) is 35.7 Å². The van der Waals surface area contributed by atoms with Crippen molar-refractivity contribution in [2.45, 2.75) is 45.7 Å². The molecular weight excluding hydrogens is 581 g/mol. The lowest BCUT2D eigenvalue weighted by Gasteiger charge is -2.33. The number of fused-ring (bicyclic) bond motifs is 1. The van der Waals surface area contributed by atoms with Gasteiger partial charge in [0.1, 0.15) is 11.8 Å². The lowest BCUT2D eigenvalue weighted by atomic mass is 9.99. The van der Waals surface area contributed by atoms with E-state index in [2.05, 4.69) is 15.0 Å². The number of imidazole rings is 1. The molecule has 0 bridgehead atoms. The first-order valence-electron chi connectivity index (χ1n) is 14.4. The highest BCUT2D eigenvalue weighted by molar-refractivity contribution is 7.51. The SMILES string of the molecule is CC(C)(C)CON(c1ccccc1)[C@@H](Cc1ccccc1)C(=O)OP(N)(=O)OC[C@H]1C=C[C@@H](n2cnc3c(N)ncnc32)C1. The summed E-state index contributed by atoms with van der Waals surface area (Å²) in [5.41, 5.74) is 14.4. The van der Waals surface area contributed by atoms with Crippen molar-refractivity contribution in [3.63, 3.8) is 0 Å². The third-order valence-electron chi connectivity index (χ3n) is 7.05. The lowest BCUT2D eigenvalue weighted by Crippen LogP contribution is -2.45. The van der Waals surface area contributed by atoms with Crippen LogP contribution < -0.4 is 16.3 Å². The highest BCUT2D eigenvalue weighted by atomic mass is 31.2. The Balaban J connectivity index is 1.28. The largest absolute Gasteiger partial charge is 0.458 e. The van der Waals surface area contributed by atoms with Crippen molar-refractivity contribution in [1.82, 2.24) is 19.5 Å². The van der Waals surface area contributed by atoms with E-state index in [9.17, 15) is 9.36 Å². The Bertz CT molecular complexity index is 1640. The summed E-state index contributed by atoms with van der Waals surface area (Å²) in [6, 6.07) is 17.6. The first-order chi connectivity index (χ1) is 21.0. The number of rotatable bonds is 12. The number of hydrogen-bond acceptors (Lipinski definition) is 10. The number of nitrogens with zero attached hydrogens (tertiary/aromatic N) is 5. The second kappa shape index (κ2) is 13.3. The monoisotopic (exact) mass is 619 g/mol. The van der Waals surface area contributed by atoms with E-state index in [1.165, 1.54) is 11.4 Å². The molecule has 12 nitrogen and oxygen atoms in total. The molecule has 0 saturated heterocycles. The number of hydroxylamine groups is 1. The zero-order valence-corrected chi connectivity index (χ0v) is 25.9. The molecule has 0 saturated carbocycles. The smallest absolute Gasteiger partial charge is 0.382 e. The van der Waals surface area contributed by atoms with E-state index in [-0.39, 0.29) is 30.4 Å². The summed E-state index contributed by atoms with van der Waals surface area (Å²) in [4.78, 5) is 32.6. The van der Waals surface area contributed by atoms with E-state index in [4.69, 9.17) is 25.1 Å². The molecule has 1 unspecified atom stereocenters. The maximum Gasteiger partial charge on any atom is 0.458 e. The van der Waals surface area contributed by atoms with Gasteiger partial charge in [0.05, 0.1) is 31.3 Å². The number of aromatic nitrogens is 4. The van der Waals surface area contributed by atoms with Gasteiger partial charge in [-0.3, -0.25) is 9.36 Å². The topological polar surface area (TPSA) is 161 Å². The minimum Gasteiger partial charge on any atom is -0.382 e. The fourth-order valence-corrected chi connectivity index (χ4v) is 5.71. The van der Waals surface area contributed by atoms with Gasteiger partial charge >= 0.3 is 13.7 Å². The summed E-state index contributed by atoms with van der Waals surface area (Å²) in [6.07, 6.45) is 7.82. The molecule has 2 aromatic carbocycles. The molecule has 5 rings (SSSR count). The van der Waals surface area contributed by atoms with Gasteiger partial charge in [0.15, 0.2) is 17.5 Å². The molecule has 1 aliphatic carbocycles. The molecule has 4 atom stereocenters. The Morgan fingerprint density at radius 1 is 1.07 bits per heavy atom. The molecule has 0 aliphatic heterocycles. The average molecular weight is 620 g/mol. The second-order valence-electron chi connectivity index (χ2n) is 12.0. The van der Waals surface area contributed by atoms with Gasteiger partial charge in [0.25, 0.3) is 0 Å². The molecule has 0 spiro atoms. The average Bonchev–Trinajstić information content (AvgIpc) is 3.64. The van der Waals surface area contributed by atoms with Crippen LogP contribution in [0.15, 0.2) is 85.5 Å². The maximum atomic E-state index is 13.7. The second-order valence-corrected chi connectivity index (χ2v) is 13.5. The fourth-order valence-electron chi connectivity index (χ4n) is 4.89. The van der Waals surface area contributed by atoms with Crippen molar-refractivity contribution in [2.24, 2.45) is 16.8 Å². The van der Waals surface area contributed by atoms with Gasteiger partial charge in [0, 0.05) is 12.3 Å². The molecule has 4 aromatic rings. The van der Waals surface area contributed by atoms with Crippen LogP contribution in [0, 0.1) is 11.3 Å². The summed E-state index contributed by atoms with van der Waals surface area (Å²) in [5.74, 6) is -0.649. The van der Waals surface area contributed by atoms with Gasteiger partial charge in [-0.25, -0.2) is 34.9 Å². The highest BCUT2D eigenvalue weighted by Crippen LogP contribution is 2.42. The van der Waals surface area contributed by atoms with Gasteiger partial charge in [-0.15, -0.1) is 0 Å². The van der Waals surface area contributed by atoms with Crippen LogP contribution in [0.5, 0.6) is 0 Å². The highest BCUT2D eigenvalue weighted by Gasteiger charge is 2.36. The van der Waals surface area contributed by atoms with Crippen molar-refractivity contribution >= 4 is 36.4 Å². The van der Waals surface area contributed by atoms with Crippen LogP contribution >= 0.6 is 7.75 Å². The summed E-state index contributed by atoms with van der Waals surface area (Å²) < 4.78 is 26.2. The zero-order valence-electron chi connectivity index (χ0n) is 25.0. The van der Waals surface area contributed by atoms with Crippen LogP contribution in [-0.4, -0.2) is 44.7 Å². The molecule has 2 heterocycles. The third kappa shape index (κ3) is 7.89. The van der Waals surface area contributed by atoms with Crippen LogP contribution in [0.1, 0.15) is 38.8 Å². The van der Waals surface area contributed by atoms with Crippen LogP contribution in [0.25, 0.3) is 11.2 Å². The van der Waals surface area contributed by atoms with Crippen LogP contribution in [-0.2, 0) is 29.7 Å². The predicted molar refractivity (Wildman–Crippen MR) is 168 cm³/mol. The van der Waals surface area contributed by atoms with Gasteiger partial charge in [-0.2, -0.15) is 0 Å². The molecule has 1 aliphatic rings. The van der Waals surface area contributed by atoms with E-state index in [1.807, 2.05) is 98.2 Å². The predicted octanol–water partition coefficient (Wildman–Crippen LogP) is 5.25. The molecule has 232 valence electrons. The van der Waals surface area contributed by atoms with Gasteiger partial charge in [0.2, 0.25) is 0 Å². The lowest BCUT2D eigenvalue weighted by molar-refractivity contribution is -0.139. The van der Waals surface area contributed by atoms with Gasteiger partial charge in [-0.05, 0) is 29.5 Å². The van der Waals surface area contributed by atoms with E-state index < -0.39 is 19.8 Å². The number of nitrogen functional groups attached to an aromatic ring is 1. The summed E-state index contributed by atoms with van der Waals surface area (Å²) in [7, 11) is -4.29. The fraction of sp³-hybridized carbons (Fsp3) is 0.355. The van der Waals surface area contributed by atoms with Gasteiger partial charge < -0.3 is 14.8 Å². The molecule has 0 radical (unpaired) electrons. The van der Waals surface area contributed by atoms with Gasteiger partial charge in [-0.1, -0.05) is 81.5 Å². The summed E-state index contributed by atoms with van der Waals surface area (Å²) in [5, 5.41) is 1.51. The molecule has 0 amide bonds. The first-order valence-corrected chi connectivity index (χ1v) is 16.0. The molecule has 44 heavy (non-hydrogen) atoms.